The Hall–Kier alpha value is -3.02. The maximum atomic E-state index is 12.7. The summed E-state index contributed by atoms with van der Waals surface area (Å²) in [7, 11) is 1.58. The van der Waals surface area contributed by atoms with Gasteiger partial charge in [0, 0.05) is 36.0 Å². The van der Waals surface area contributed by atoms with Crippen molar-refractivity contribution in [1.82, 2.24) is 4.90 Å². The molecule has 6 nitrogen and oxygen atoms in total. The van der Waals surface area contributed by atoms with Crippen molar-refractivity contribution < 1.29 is 19.4 Å². The normalized spacial score (nSPS) is 14.6. The smallest absolute Gasteiger partial charge is 0.254 e. The zero-order valence-electron chi connectivity index (χ0n) is 14.2. The van der Waals surface area contributed by atoms with Gasteiger partial charge in [0.2, 0.25) is 5.91 Å². The van der Waals surface area contributed by atoms with Crippen molar-refractivity contribution in [3.8, 4) is 11.5 Å². The number of rotatable bonds is 3. The van der Waals surface area contributed by atoms with Crippen molar-refractivity contribution in [3.63, 3.8) is 0 Å². The molecule has 130 valence electrons. The minimum Gasteiger partial charge on any atom is -0.508 e. The number of carbonyl (C=O) groups excluding carboxylic acids is 2. The molecule has 2 aromatic carbocycles. The summed E-state index contributed by atoms with van der Waals surface area (Å²) in [5, 5.41) is 9.78. The maximum Gasteiger partial charge on any atom is 0.254 e. The minimum atomic E-state index is -0.243. The highest BCUT2D eigenvalue weighted by molar-refractivity contribution is 6.02. The highest BCUT2D eigenvalue weighted by atomic mass is 16.5. The fourth-order valence-corrected chi connectivity index (χ4v) is 2.92. The average Bonchev–Trinajstić information content (AvgIpc) is 2.63. The van der Waals surface area contributed by atoms with Crippen LogP contribution in [0.1, 0.15) is 15.9 Å². The summed E-state index contributed by atoms with van der Waals surface area (Å²) < 4.78 is 5.20. The second-order valence-corrected chi connectivity index (χ2v) is 5.92. The van der Waals surface area contributed by atoms with Gasteiger partial charge in [-0.3, -0.25) is 9.59 Å². The summed E-state index contributed by atoms with van der Waals surface area (Å²) in [5.41, 5.74) is 1.70. The molecule has 0 radical (unpaired) electrons. The first-order chi connectivity index (χ1) is 12.0. The second kappa shape index (κ2) is 6.84. The van der Waals surface area contributed by atoms with Crippen LogP contribution in [-0.2, 0) is 4.79 Å². The number of phenols is 1. The highest BCUT2D eigenvalue weighted by Crippen LogP contribution is 2.25. The molecule has 1 fully saturated rings. The Balaban J connectivity index is 1.76. The van der Waals surface area contributed by atoms with Crippen molar-refractivity contribution >= 4 is 17.5 Å². The van der Waals surface area contributed by atoms with Crippen LogP contribution < -0.4 is 9.64 Å². The zero-order chi connectivity index (χ0) is 18.0. The monoisotopic (exact) mass is 340 g/mol. The van der Waals surface area contributed by atoms with E-state index in [2.05, 4.69) is 0 Å². The number of hydrogen-bond donors (Lipinski definition) is 1. The Morgan fingerprint density at radius 2 is 1.92 bits per heavy atom. The van der Waals surface area contributed by atoms with E-state index in [1.54, 1.807) is 37.1 Å². The van der Waals surface area contributed by atoms with Gasteiger partial charge in [-0.1, -0.05) is 12.1 Å². The Morgan fingerprint density at radius 3 is 2.64 bits per heavy atom. The average molecular weight is 340 g/mol. The second-order valence-electron chi connectivity index (χ2n) is 5.92. The molecule has 2 amide bonds. The fraction of sp³-hybridized carbons (Fsp3) is 0.263. The quantitative estimate of drug-likeness (QED) is 0.930. The number of nitrogens with zero attached hydrogens (tertiary/aromatic N) is 2. The van der Waals surface area contributed by atoms with Gasteiger partial charge in [0.1, 0.15) is 18.0 Å². The molecule has 0 aromatic heterocycles. The molecule has 1 aliphatic heterocycles. The minimum absolute atomic E-state index is 0.00510. The molecule has 0 aliphatic carbocycles. The van der Waals surface area contributed by atoms with E-state index in [1.807, 2.05) is 18.2 Å². The molecule has 0 atom stereocenters. The van der Waals surface area contributed by atoms with E-state index in [4.69, 9.17) is 4.74 Å². The number of benzene rings is 2. The van der Waals surface area contributed by atoms with E-state index >= 15 is 0 Å². The van der Waals surface area contributed by atoms with Crippen LogP contribution in [0.25, 0.3) is 0 Å². The molecule has 6 heteroatoms. The van der Waals surface area contributed by atoms with E-state index in [1.165, 1.54) is 11.0 Å². The third kappa shape index (κ3) is 3.28. The first-order valence-corrected chi connectivity index (χ1v) is 8.03. The molecule has 0 saturated carbocycles. The lowest BCUT2D eigenvalue weighted by Gasteiger charge is -2.34. The topological polar surface area (TPSA) is 70.1 Å². The Kier molecular flexibility index (Phi) is 4.61. The van der Waals surface area contributed by atoms with E-state index in [0.29, 0.717) is 30.0 Å². The summed E-state index contributed by atoms with van der Waals surface area (Å²) >= 11 is 0. The van der Waals surface area contributed by atoms with Crippen LogP contribution in [0.4, 0.5) is 5.69 Å². The van der Waals surface area contributed by atoms with Crippen molar-refractivity contribution in [2.75, 3.05) is 31.6 Å². The molecular weight excluding hydrogens is 320 g/mol. The SMILES string of the molecule is COc1cccc(N2CCN(C(=O)c3cccc(O)c3C)CC2=O)c1. The van der Waals surface area contributed by atoms with Crippen LogP contribution in [0, 0.1) is 6.92 Å². The Morgan fingerprint density at radius 1 is 1.16 bits per heavy atom. The number of ether oxygens (including phenoxy) is 1. The predicted molar refractivity (Wildman–Crippen MR) is 94.1 cm³/mol. The Bertz CT molecular complexity index is 819. The van der Waals surface area contributed by atoms with E-state index in [-0.39, 0.29) is 24.1 Å². The molecule has 1 saturated heterocycles. The number of aromatic hydroxyl groups is 1. The van der Waals surface area contributed by atoms with Gasteiger partial charge in [-0.25, -0.2) is 0 Å². The van der Waals surface area contributed by atoms with Crippen LogP contribution in [-0.4, -0.2) is 48.6 Å². The number of anilines is 1. The lowest BCUT2D eigenvalue weighted by molar-refractivity contribution is -0.120. The molecule has 0 bridgehead atoms. The zero-order valence-corrected chi connectivity index (χ0v) is 14.2. The number of amides is 2. The molecule has 0 spiro atoms. The summed E-state index contributed by atoms with van der Waals surface area (Å²) in [5.74, 6) is 0.365. The molecule has 25 heavy (non-hydrogen) atoms. The van der Waals surface area contributed by atoms with Crippen LogP contribution in [0.3, 0.4) is 0 Å². The van der Waals surface area contributed by atoms with Crippen molar-refractivity contribution in [2.24, 2.45) is 0 Å². The fourth-order valence-electron chi connectivity index (χ4n) is 2.92. The number of hydrogen-bond acceptors (Lipinski definition) is 4. The lowest BCUT2D eigenvalue weighted by atomic mass is 10.1. The summed E-state index contributed by atoms with van der Waals surface area (Å²) in [4.78, 5) is 28.4. The number of carbonyl (C=O) groups is 2. The number of piperazine rings is 1. The van der Waals surface area contributed by atoms with Gasteiger partial charge in [0.15, 0.2) is 0 Å². The first-order valence-electron chi connectivity index (χ1n) is 8.03. The van der Waals surface area contributed by atoms with Gasteiger partial charge in [0.25, 0.3) is 5.91 Å². The highest BCUT2D eigenvalue weighted by Gasteiger charge is 2.29. The van der Waals surface area contributed by atoms with Crippen LogP contribution in [0.15, 0.2) is 42.5 Å². The first kappa shape index (κ1) is 16.8. The van der Waals surface area contributed by atoms with Crippen molar-refractivity contribution in [3.05, 3.63) is 53.6 Å². The van der Waals surface area contributed by atoms with Crippen LogP contribution in [0.2, 0.25) is 0 Å². The summed E-state index contributed by atoms with van der Waals surface area (Å²) in [6, 6.07) is 12.1. The molecule has 2 aromatic rings. The molecule has 0 unspecified atom stereocenters. The van der Waals surface area contributed by atoms with Gasteiger partial charge in [0.05, 0.1) is 7.11 Å². The van der Waals surface area contributed by atoms with Crippen molar-refractivity contribution in [1.29, 1.82) is 0 Å². The standard InChI is InChI=1S/C19H20N2O4/c1-13-16(7-4-8-17(13)22)19(24)20-9-10-21(18(23)12-20)14-5-3-6-15(11-14)25-2/h3-8,11,22H,9-10,12H2,1-2H3. The van der Waals surface area contributed by atoms with E-state index in [0.717, 1.165) is 5.69 Å². The largest absolute Gasteiger partial charge is 0.508 e. The van der Waals surface area contributed by atoms with Gasteiger partial charge in [-0.2, -0.15) is 0 Å². The van der Waals surface area contributed by atoms with Gasteiger partial charge in [-0.05, 0) is 31.2 Å². The molecular formula is C19H20N2O4. The van der Waals surface area contributed by atoms with E-state index in [9.17, 15) is 14.7 Å². The predicted octanol–water partition coefficient (Wildman–Crippen LogP) is 2.20. The van der Waals surface area contributed by atoms with Crippen LogP contribution in [0.5, 0.6) is 11.5 Å². The summed E-state index contributed by atoms with van der Waals surface area (Å²) in [6.45, 7) is 2.54. The molecule has 1 aliphatic rings. The van der Waals surface area contributed by atoms with Crippen LogP contribution >= 0.6 is 0 Å². The van der Waals surface area contributed by atoms with E-state index < -0.39 is 0 Å². The number of methoxy groups -OCH3 is 1. The molecule has 3 rings (SSSR count). The third-order valence-corrected chi connectivity index (χ3v) is 4.41. The van der Waals surface area contributed by atoms with Gasteiger partial charge in [-0.15, -0.1) is 0 Å². The van der Waals surface area contributed by atoms with Gasteiger partial charge >= 0.3 is 0 Å². The van der Waals surface area contributed by atoms with Crippen molar-refractivity contribution in [2.45, 2.75) is 6.92 Å². The van der Waals surface area contributed by atoms with Gasteiger partial charge < -0.3 is 19.6 Å². The Labute approximate surface area is 146 Å². The lowest BCUT2D eigenvalue weighted by Crippen LogP contribution is -2.52. The molecule has 1 heterocycles. The number of phenolic OH excluding ortho intramolecular Hbond substituents is 1. The summed E-state index contributed by atoms with van der Waals surface area (Å²) in [6.07, 6.45) is 0. The third-order valence-electron chi connectivity index (χ3n) is 4.41. The maximum absolute atomic E-state index is 12.7. The molecule has 1 N–H and O–H groups in total.